The standard InChI is InChI=1S/C13H15Br2NO/c1-8-6-9(2)12(11(15)7-8)16-5-3-4-10(14)13(16)17/h6-7,10H,3-5H2,1-2H3. The zero-order valence-corrected chi connectivity index (χ0v) is 13.1. The lowest BCUT2D eigenvalue weighted by Crippen LogP contribution is -2.42. The van der Waals surface area contributed by atoms with E-state index in [1.54, 1.807) is 0 Å². The van der Waals surface area contributed by atoms with Crippen LogP contribution in [0.15, 0.2) is 16.6 Å². The molecule has 0 bridgehead atoms. The fraction of sp³-hybridized carbons (Fsp3) is 0.462. The monoisotopic (exact) mass is 359 g/mol. The number of piperidine rings is 1. The Hall–Kier alpha value is -0.350. The van der Waals surface area contributed by atoms with E-state index < -0.39 is 0 Å². The minimum absolute atomic E-state index is 0.0381. The molecule has 92 valence electrons. The third kappa shape index (κ3) is 2.58. The van der Waals surface area contributed by atoms with E-state index in [4.69, 9.17) is 0 Å². The van der Waals surface area contributed by atoms with Gasteiger partial charge in [0.25, 0.3) is 0 Å². The molecule has 1 saturated heterocycles. The van der Waals surface area contributed by atoms with E-state index >= 15 is 0 Å². The van der Waals surface area contributed by atoms with Gasteiger partial charge in [-0.05, 0) is 59.8 Å². The number of aryl methyl sites for hydroxylation is 2. The Morgan fingerprint density at radius 3 is 2.71 bits per heavy atom. The minimum atomic E-state index is -0.0381. The first kappa shape index (κ1) is 13.1. The molecule has 1 amide bonds. The van der Waals surface area contributed by atoms with Crippen molar-refractivity contribution in [1.82, 2.24) is 0 Å². The summed E-state index contributed by atoms with van der Waals surface area (Å²) in [4.78, 5) is 14.0. The molecular weight excluding hydrogens is 346 g/mol. The van der Waals surface area contributed by atoms with Crippen molar-refractivity contribution in [2.24, 2.45) is 0 Å². The van der Waals surface area contributed by atoms with E-state index in [1.165, 1.54) is 5.56 Å². The molecule has 0 saturated carbocycles. The van der Waals surface area contributed by atoms with Gasteiger partial charge in [0, 0.05) is 11.0 Å². The quantitative estimate of drug-likeness (QED) is 0.694. The van der Waals surface area contributed by atoms with Gasteiger partial charge in [-0.1, -0.05) is 22.0 Å². The highest BCUT2D eigenvalue weighted by molar-refractivity contribution is 9.10. The van der Waals surface area contributed by atoms with E-state index in [-0.39, 0.29) is 10.7 Å². The maximum Gasteiger partial charge on any atom is 0.240 e. The third-order valence-electron chi connectivity index (χ3n) is 3.04. The molecule has 0 N–H and O–H groups in total. The Morgan fingerprint density at radius 2 is 2.06 bits per heavy atom. The lowest BCUT2D eigenvalue weighted by molar-refractivity contribution is -0.118. The van der Waals surface area contributed by atoms with Crippen molar-refractivity contribution in [2.45, 2.75) is 31.5 Å². The van der Waals surface area contributed by atoms with Gasteiger partial charge in [-0.15, -0.1) is 0 Å². The number of nitrogens with zero attached hydrogens (tertiary/aromatic N) is 1. The maximum atomic E-state index is 12.2. The smallest absolute Gasteiger partial charge is 0.240 e. The van der Waals surface area contributed by atoms with E-state index in [0.29, 0.717) is 0 Å². The molecule has 1 aliphatic heterocycles. The Morgan fingerprint density at radius 1 is 1.35 bits per heavy atom. The summed E-state index contributed by atoms with van der Waals surface area (Å²) in [7, 11) is 0. The lowest BCUT2D eigenvalue weighted by atomic mass is 10.1. The second-order valence-electron chi connectivity index (χ2n) is 4.51. The number of halogens is 2. The van der Waals surface area contributed by atoms with Gasteiger partial charge >= 0.3 is 0 Å². The summed E-state index contributed by atoms with van der Waals surface area (Å²) in [5.41, 5.74) is 3.37. The molecular formula is C13H15Br2NO. The van der Waals surface area contributed by atoms with Crippen LogP contribution in [0.1, 0.15) is 24.0 Å². The van der Waals surface area contributed by atoms with Gasteiger partial charge in [-0.2, -0.15) is 0 Å². The molecule has 1 aliphatic rings. The van der Waals surface area contributed by atoms with Crippen LogP contribution in [0, 0.1) is 13.8 Å². The first-order valence-electron chi connectivity index (χ1n) is 5.73. The number of carbonyl (C=O) groups excluding carboxylic acids is 1. The van der Waals surface area contributed by atoms with Crippen molar-refractivity contribution in [1.29, 1.82) is 0 Å². The van der Waals surface area contributed by atoms with Gasteiger partial charge in [0.05, 0.1) is 10.5 Å². The second kappa shape index (κ2) is 5.11. The molecule has 1 aromatic rings. The van der Waals surface area contributed by atoms with E-state index in [2.05, 4.69) is 57.8 Å². The first-order chi connectivity index (χ1) is 8.00. The molecule has 17 heavy (non-hydrogen) atoms. The number of hydrogen-bond donors (Lipinski definition) is 0. The Balaban J connectivity index is 2.43. The van der Waals surface area contributed by atoms with Crippen molar-refractivity contribution in [3.8, 4) is 0 Å². The van der Waals surface area contributed by atoms with Gasteiger partial charge in [0.1, 0.15) is 0 Å². The van der Waals surface area contributed by atoms with Crippen LogP contribution in [0.25, 0.3) is 0 Å². The number of hydrogen-bond acceptors (Lipinski definition) is 1. The highest BCUT2D eigenvalue weighted by Crippen LogP contribution is 2.34. The van der Waals surface area contributed by atoms with Gasteiger partial charge in [0.2, 0.25) is 5.91 Å². The lowest BCUT2D eigenvalue weighted by Gasteiger charge is -2.31. The summed E-state index contributed by atoms with van der Waals surface area (Å²) in [6.07, 6.45) is 1.97. The predicted octanol–water partition coefficient (Wildman–Crippen LogP) is 3.96. The van der Waals surface area contributed by atoms with Crippen LogP contribution in [0.5, 0.6) is 0 Å². The zero-order chi connectivity index (χ0) is 12.6. The number of anilines is 1. The topological polar surface area (TPSA) is 20.3 Å². The summed E-state index contributed by atoms with van der Waals surface area (Å²) in [6.45, 7) is 4.93. The number of amides is 1. The fourth-order valence-corrected chi connectivity index (χ4v) is 3.76. The van der Waals surface area contributed by atoms with Crippen molar-refractivity contribution in [3.05, 3.63) is 27.7 Å². The van der Waals surface area contributed by atoms with Gasteiger partial charge < -0.3 is 4.90 Å². The third-order valence-corrected chi connectivity index (χ3v) is 4.50. The average molecular weight is 361 g/mol. The molecule has 1 aromatic carbocycles. The van der Waals surface area contributed by atoms with Gasteiger partial charge in [0.15, 0.2) is 0 Å². The van der Waals surface area contributed by atoms with Gasteiger partial charge in [-0.3, -0.25) is 4.79 Å². The van der Waals surface area contributed by atoms with E-state index in [0.717, 1.165) is 35.1 Å². The van der Waals surface area contributed by atoms with Crippen LogP contribution in [-0.2, 0) is 4.79 Å². The van der Waals surface area contributed by atoms with Crippen LogP contribution >= 0.6 is 31.9 Å². The SMILES string of the molecule is Cc1cc(C)c(N2CCCC(Br)C2=O)c(Br)c1. The molecule has 1 unspecified atom stereocenters. The summed E-state index contributed by atoms with van der Waals surface area (Å²) >= 11 is 7.02. The molecule has 2 rings (SSSR count). The fourth-order valence-electron chi connectivity index (χ4n) is 2.30. The number of alkyl halides is 1. The molecule has 0 spiro atoms. The second-order valence-corrected chi connectivity index (χ2v) is 6.47. The molecule has 2 nitrogen and oxygen atoms in total. The first-order valence-corrected chi connectivity index (χ1v) is 7.44. The maximum absolute atomic E-state index is 12.2. The number of carbonyl (C=O) groups is 1. The summed E-state index contributed by atoms with van der Waals surface area (Å²) in [6, 6.07) is 4.18. The number of benzene rings is 1. The molecule has 1 heterocycles. The zero-order valence-electron chi connectivity index (χ0n) is 9.96. The molecule has 1 atom stereocenters. The molecule has 0 radical (unpaired) electrons. The molecule has 0 aromatic heterocycles. The van der Waals surface area contributed by atoms with Crippen LogP contribution in [-0.4, -0.2) is 17.3 Å². The van der Waals surface area contributed by atoms with Crippen LogP contribution in [0.4, 0.5) is 5.69 Å². The molecule has 0 aliphatic carbocycles. The summed E-state index contributed by atoms with van der Waals surface area (Å²) < 4.78 is 1.00. The predicted molar refractivity (Wildman–Crippen MR) is 77.9 cm³/mol. The van der Waals surface area contributed by atoms with Crippen molar-refractivity contribution in [3.63, 3.8) is 0 Å². The highest BCUT2D eigenvalue weighted by atomic mass is 79.9. The Kier molecular flexibility index (Phi) is 3.93. The van der Waals surface area contributed by atoms with E-state index in [1.807, 2.05) is 4.90 Å². The molecule has 1 fully saturated rings. The highest BCUT2D eigenvalue weighted by Gasteiger charge is 2.29. The van der Waals surface area contributed by atoms with Gasteiger partial charge in [-0.25, -0.2) is 0 Å². The van der Waals surface area contributed by atoms with E-state index in [9.17, 15) is 4.79 Å². The van der Waals surface area contributed by atoms with Crippen molar-refractivity contribution in [2.75, 3.05) is 11.4 Å². The van der Waals surface area contributed by atoms with Crippen LogP contribution < -0.4 is 4.90 Å². The Labute approximate surface area is 119 Å². The largest absolute Gasteiger partial charge is 0.310 e. The Bertz CT molecular complexity index is 436. The van der Waals surface area contributed by atoms with Crippen molar-refractivity contribution < 1.29 is 4.79 Å². The number of rotatable bonds is 1. The normalized spacial score (nSPS) is 20.8. The van der Waals surface area contributed by atoms with Crippen molar-refractivity contribution >= 4 is 43.5 Å². The minimum Gasteiger partial charge on any atom is -0.310 e. The van der Waals surface area contributed by atoms with Crippen LogP contribution in [0.3, 0.4) is 0 Å². The molecule has 4 heteroatoms. The van der Waals surface area contributed by atoms with Crippen LogP contribution in [0.2, 0.25) is 0 Å². The summed E-state index contributed by atoms with van der Waals surface area (Å²) in [5.74, 6) is 0.170. The summed E-state index contributed by atoms with van der Waals surface area (Å²) in [5, 5.41) is 0. The average Bonchev–Trinajstić information content (AvgIpc) is 2.23.